The van der Waals surface area contributed by atoms with E-state index >= 15 is 0 Å². The van der Waals surface area contributed by atoms with Gasteiger partial charge >= 0.3 is 5.97 Å². The number of rotatable bonds is 4. The molecule has 0 aliphatic carbocycles. The fourth-order valence-electron chi connectivity index (χ4n) is 0.670. The van der Waals surface area contributed by atoms with Crippen LogP contribution in [-0.4, -0.2) is 19.1 Å². The maximum Gasteiger partial charge on any atom is 0.305 e. The minimum atomic E-state index is -0.152. The first-order valence-electron chi connectivity index (χ1n) is 3.49. The van der Waals surface area contributed by atoms with Gasteiger partial charge in [0.2, 0.25) is 0 Å². The maximum absolute atomic E-state index is 10.5. The van der Waals surface area contributed by atoms with E-state index in [2.05, 4.69) is 4.74 Å². The number of hydrogen-bond donors (Lipinski definition) is 1. The summed E-state index contributed by atoms with van der Waals surface area (Å²) in [4.78, 5) is 10.5. The summed E-state index contributed by atoms with van der Waals surface area (Å²) in [7, 11) is 1.40. The Balaban J connectivity index is 3.12. The van der Waals surface area contributed by atoms with Crippen LogP contribution in [0, 0.1) is 0 Å². The van der Waals surface area contributed by atoms with Crippen LogP contribution in [-0.2, 0) is 9.53 Å². The van der Waals surface area contributed by atoms with Crippen molar-refractivity contribution in [2.45, 2.75) is 32.2 Å². The van der Waals surface area contributed by atoms with Gasteiger partial charge in [0.05, 0.1) is 7.11 Å². The van der Waals surface area contributed by atoms with Crippen molar-refractivity contribution in [3.8, 4) is 0 Å². The molecule has 3 nitrogen and oxygen atoms in total. The molecule has 0 spiro atoms. The van der Waals surface area contributed by atoms with Crippen molar-refractivity contribution in [3.05, 3.63) is 0 Å². The smallest absolute Gasteiger partial charge is 0.305 e. The van der Waals surface area contributed by atoms with Crippen molar-refractivity contribution in [2.75, 3.05) is 7.11 Å². The fraction of sp³-hybridized carbons (Fsp3) is 0.857. The lowest BCUT2D eigenvalue weighted by atomic mass is 10.1. The standard InChI is InChI=1S/C7H15NO2/c1-6(8)4-3-5-7(9)10-2/h6H,3-5,8H2,1-2H3/t6-/m1/s1. The van der Waals surface area contributed by atoms with E-state index in [4.69, 9.17) is 5.73 Å². The molecule has 0 aromatic rings. The Hall–Kier alpha value is -0.570. The maximum atomic E-state index is 10.5. The SMILES string of the molecule is COC(=O)CCC[C@@H](C)N. The molecule has 0 radical (unpaired) electrons. The monoisotopic (exact) mass is 145 g/mol. The summed E-state index contributed by atoms with van der Waals surface area (Å²) in [5.74, 6) is -0.152. The van der Waals surface area contributed by atoms with Crippen LogP contribution >= 0.6 is 0 Å². The molecule has 0 saturated heterocycles. The van der Waals surface area contributed by atoms with E-state index in [9.17, 15) is 4.79 Å². The Labute approximate surface area is 61.5 Å². The molecular weight excluding hydrogens is 130 g/mol. The number of esters is 1. The first-order chi connectivity index (χ1) is 4.66. The molecule has 2 N–H and O–H groups in total. The van der Waals surface area contributed by atoms with Crippen molar-refractivity contribution < 1.29 is 9.53 Å². The predicted molar refractivity (Wildman–Crippen MR) is 39.5 cm³/mol. The van der Waals surface area contributed by atoms with E-state index in [0.29, 0.717) is 6.42 Å². The summed E-state index contributed by atoms with van der Waals surface area (Å²) in [5.41, 5.74) is 5.47. The summed E-state index contributed by atoms with van der Waals surface area (Å²) in [6.07, 6.45) is 2.19. The second kappa shape index (κ2) is 5.23. The van der Waals surface area contributed by atoms with Crippen molar-refractivity contribution in [1.82, 2.24) is 0 Å². The average Bonchev–Trinajstić information content (AvgIpc) is 1.87. The van der Waals surface area contributed by atoms with Gasteiger partial charge in [-0.2, -0.15) is 0 Å². The van der Waals surface area contributed by atoms with Crippen LogP contribution in [0.5, 0.6) is 0 Å². The summed E-state index contributed by atoms with van der Waals surface area (Å²) in [5, 5.41) is 0. The summed E-state index contributed by atoms with van der Waals surface area (Å²) in [6.45, 7) is 1.93. The second-order valence-electron chi connectivity index (χ2n) is 2.45. The van der Waals surface area contributed by atoms with Crippen LogP contribution in [0.3, 0.4) is 0 Å². The largest absolute Gasteiger partial charge is 0.469 e. The Morgan fingerprint density at radius 1 is 1.70 bits per heavy atom. The molecule has 10 heavy (non-hydrogen) atoms. The third kappa shape index (κ3) is 5.56. The van der Waals surface area contributed by atoms with Crippen LogP contribution in [0.4, 0.5) is 0 Å². The highest BCUT2D eigenvalue weighted by atomic mass is 16.5. The lowest BCUT2D eigenvalue weighted by molar-refractivity contribution is -0.140. The molecule has 3 heteroatoms. The van der Waals surface area contributed by atoms with Gasteiger partial charge in [0, 0.05) is 12.5 Å². The van der Waals surface area contributed by atoms with Crippen molar-refractivity contribution in [1.29, 1.82) is 0 Å². The van der Waals surface area contributed by atoms with Gasteiger partial charge in [0.25, 0.3) is 0 Å². The molecule has 0 aromatic heterocycles. The molecule has 0 amide bonds. The van der Waals surface area contributed by atoms with E-state index in [1.807, 2.05) is 6.92 Å². The molecule has 0 saturated carbocycles. The van der Waals surface area contributed by atoms with Crippen molar-refractivity contribution in [2.24, 2.45) is 5.73 Å². The van der Waals surface area contributed by atoms with Crippen LogP contribution in [0.15, 0.2) is 0 Å². The molecule has 0 heterocycles. The van der Waals surface area contributed by atoms with Crippen molar-refractivity contribution >= 4 is 5.97 Å². The summed E-state index contributed by atoms with van der Waals surface area (Å²) >= 11 is 0. The van der Waals surface area contributed by atoms with Gasteiger partial charge in [-0.1, -0.05) is 0 Å². The third-order valence-corrected chi connectivity index (χ3v) is 1.27. The highest BCUT2D eigenvalue weighted by Crippen LogP contribution is 1.98. The molecule has 0 aliphatic rings. The molecule has 60 valence electrons. The van der Waals surface area contributed by atoms with Gasteiger partial charge in [-0.05, 0) is 19.8 Å². The van der Waals surface area contributed by atoms with E-state index in [0.717, 1.165) is 12.8 Å². The number of nitrogens with two attached hydrogens (primary N) is 1. The summed E-state index contributed by atoms with van der Waals surface area (Å²) < 4.78 is 4.45. The quantitative estimate of drug-likeness (QED) is 0.592. The number of hydrogen-bond acceptors (Lipinski definition) is 3. The minimum absolute atomic E-state index is 0.152. The van der Waals surface area contributed by atoms with Gasteiger partial charge in [-0.3, -0.25) is 4.79 Å². The van der Waals surface area contributed by atoms with Crippen LogP contribution in [0.2, 0.25) is 0 Å². The number of carbonyl (C=O) groups excluding carboxylic acids is 1. The molecular formula is C7H15NO2. The van der Waals surface area contributed by atoms with Crippen molar-refractivity contribution in [3.63, 3.8) is 0 Å². The average molecular weight is 145 g/mol. The van der Waals surface area contributed by atoms with Crippen LogP contribution in [0.25, 0.3) is 0 Å². The fourth-order valence-corrected chi connectivity index (χ4v) is 0.670. The third-order valence-electron chi connectivity index (χ3n) is 1.27. The lowest BCUT2D eigenvalue weighted by Gasteiger charge is -2.02. The number of methoxy groups -OCH3 is 1. The zero-order chi connectivity index (χ0) is 7.98. The Bertz CT molecular complexity index is 102. The highest BCUT2D eigenvalue weighted by Gasteiger charge is 2.00. The van der Waals surface area contributed by atoms with Gasteiger partial charge < -0.3 is 10.5 Å². The van der Waals surface area contributed by atoms with Gasteiger partial charge in [-0.25, -0.2) is 0 Å². The van der Waals surface area contributed by atoms with E-state index in [-0.39, 0.29) is 12.0 Å². The predicted octanol–water partition coefficient (Wildman–Crippen LogP) is 0.677. The van der Waals surface area contributed by atoms with Gasteiger partial charge in [-0.15, -0.1) is 0 Å². The molecule has 0 aromatic carbocycles. The van der Waals surface area contributed by atoms with Gasteiger partial charge in [0.15, 0.2) is 0 Å². The van der Waals surface area contributed by atoms with Crippen LogP contribution < -0.4 is 5.73 Å². The van der Waals surface area contributed by atoms with E-state index in [1.165, 1.54) is 7.11 Å². The lowest BCUT2D eigenvalue weighted by Crippen LogP contribution is -2.14. The molecule has 0 rings (SSSR count). The minimum Gasteiger partial charge on any atom is -0.469 e. The zero-order valence-electron chi connectivity index (χ0n) is 6.59. The number of carbonyl (C=O) groups is 1. The molecule has 1 atom stereocenters. The van der Waals surface area contributed by atoms with Crippen LogP contribution in [0.1, 0.15) is 26.2 Å². The Kier molecular flexibility index (Phi) is 4.94. The number of ether oxygens (including phenoxy) is 1. The molecule has 0 aliphatic heterocycles. The van der Waals surface area contributed by atoms with E-state index in [1.54, 1.807) is 0 Å². The first kappa shape index (κ1) is 9.43. The Morgan fingerprint density at radius 3 is 2.70 bits per heavy atom. The zero-order valence-corrected chi connectivity index (χ0v) is 6.59. The topological polar surface area (TPSA) is 52.3 Å². The highest BCUT2D eigenvalue weighted by molar-refractivity contribution is 5.68. The molecule has 0 fully saturated rings. The molecule has 0 unspecified atom stereocenters. The van der Waals surface area contributed by atoms with Gasteiger partial charge in [0.1, 0.15) is 0 Å². The molecule has 0 bridgehead atoms. The Morgan fingerprint density at radius 2 is 2.30 bits per heavy atom. The normalized spacial score (nSPS) is 12.7. The first-order valence-corrected chi connectivity index (χ1v) is 3.49. The second-order valence-corrected chi connectivity index (χ2v) is 2.45. The summed E-state index contributed by atoms with van der Waals surface area (Å²) in [6, 6.07) is 0.185. The van der Waals surface area contributed by atoms with E-state index < -0.39 is 0 Å².